The fourth-order valence-electron chi connectivity index (χ4n) is 3.63. The van der Waals surface area contributed by atoms with Gasteiger partial charge in [0.2, 0.25) is 11.8 Å². The molecule has 2 atom stereocenters. The van der Waals surface area contributed by atoms with Crippen molar-refractivity contribution in [3.8, 4) is 0 Å². The molecule has 160 valence electrons. The lowest BCUT2D eigenvalue weighted by Gasteiger charge is -2.32. The van der Waals surface area contributed by atoms with Crippen LogP contribution in [0.3, 0.4) is 0 Å². The number of nitrogens with two attached hydrogens (primary N) is 1. The Morgan fingerprint density at radius 2 is 1.70 bits per heavy atom. The normalized spacial score (nSPS) is 15.9. The van der Waals surface area contributed by atoms with Gasteiger partial charge in [-0.2, -0.15) is 0 Å². The molecule has 3 rings (SSSR count). The molecular formula is C24H30ClN3O2. The maximum Gasteiger partial charge on any atom is 0.223 e. The minimum Gasteiger partial charge on any atom is -0.354 e. The smallest absolute Gasteiger partial charge is 0.223 e. The molecule has 3 N–H and O–H groups in total. The van der Waals surface area contributed by atoms with Crippen LogP contribution in [0.15, 0.2) is 54.7 Å². The summed E-state index contributed by atoms with van der Waals surface area (Å²) in [5, 5.41) is 2.93. The summed E-state index contributed by atoms with van der Waals surface area (Å²) in [5.74, 6) is 0.257. The quantitative estimate of drug-likeness (QED) is 0.721. The van der Waals surface area contributed by atoms with Gasteiger partial charge in [0.15, 0.2) is 0 Å². The molecule has 6 heteroatoms. The van der Waals surface area contributed by atoms with Crippen LogP contribution in [0.5, 0.6) is 0 Å². The molecule has 1 aliphatic heterocycles. The number of rotatable bonds is 6. The number of amides is 2. The van der Waals surface area contributed by atoms with Crippen molar-refractivity contribution in [2.45, 2.75) is 45.2 Å². The van der Waals surface area contributed by atoms with Gasteiger partial charge in [0.05, 0.1) is 12.5 Å². The van der Waals surface area contributed by atoms with Gasteiger partial charge in [-0.1, -0.05) is 62.4 Å². The third-order valence-corrected chi connectivity index (χ3v) is 5.40. The van der Waals surface area contributed by atoms with Crippen molar-refractivity contribution in [1.82, 2.24) is 10.2 Å². The molecule has 0 aromatic heterocycles. The van der Waals surface area contributed by atoms with Crippen LogP contribution in [0.2, 0.25) is 0 Å². The third-order valence-electron chi connectivity index (χ3n) is 5.40. The molecule has 0 bridgehead atoms. The second kappa shape index (κ2) is 10.4. The maximum atomic E-state index is 12.6. The lowest BCUT2D eigenvalue weighted by molar-refractivity contribution is -0.129. The van der Waals surface area contributed by atoms with Crippen molar-refractivity contribution in [1.29, 1.82) is 0 Å². The van der Waals surface area contributed by atoms with E-state index in [2.05, 4.69) is 31.3 Å². The number of nitrogens with zero attached hydrogens (tertiary/aromatic N) is 1. The summed E-state index contributed by atoms with van der Waals surface area (Å²) >= 11 is 0. The van der Waals surface area contributed by atoms with Gasteiger partial charge in [0.25, 0.3) is 0 Å². The highest BCUT2D eigenvalue weighted by atomic mass is 35.5. The average Bonchev–Trinajstić information content (AvgIpc) is 2.72. The summed E-state index contributed by atoms with van der Waals surface area (Å²) in [6.07, 6.45) is 3.85. The van der Waals surface area contributed by atoms with E-state index < -0.39 is 0 Å². The van der Waals surface area contributed by atoms with E-state index in [0.29, 0.717) is 12.5 Å². The molecule has 0 saturated carbocycles. The van der Waals surface area contributed by atoms with Crippen LogP contribution in [-0.4, -0.2) is 23.3 Å². The number of carbonyl (C=O) groups is 2. The summed E-state index contributed by atoms with van der Waals surface area (Å²) in [6.45, 7) is 6.17. The van der Waals surface area contributed by atoms with Crippen LogP contribution in [0, 0.1) is 0 Å². The standard InChI is InChI=1S/C24H29N3O2.ClH/c1-16(2)18-8-10-20(11-9-18)22(25)15-26-24(29)14-23-21-7-5-4-6-19(21)12-13-27(23)17(3)28;/h4-13,16,22-23H,14-15,25H2,1-3H3,(H,26,29);1H. The van der Waals surface area contributed by atoms with E-state index in [1.54, 1.807) is 11.1 Å². The van der Waals surface area contributed by atoms with E-state index in [1.807, 2.05) is 42.5 Å². The van der Waals surface area contributed by atoms with Crippen LogP contribution >= 0.6 is 12.4 Å². The number of halogens is 1. The van der Waals surface area contributed by atoms with E-state index in [1.165, 1.54) is 12.5 Å². The van der Waals surface area contributed by atoms with Gasteiger partial charge in [-0.05, 0) is 34.2 Å². The van der Waals surface area contributed by atoms with Gasteiger partial charge in [0, 0.05) is 25.7 Å². The largest absolute Gasteiger partial charge is 0.354 e. The molecule has 0 saturated heterocycles. The maximum absolute atomic E-state index is 12.6. The first kappa shape index (κ1) is 23.6. The molecule has 1 aliphatic rings. The number of hydrogen-bond acceptors (Lipinski definition) is 3. The van der Waals surface area contributed by atoms with Gasteiger partial charge in [-0.25, -0.2) is 0 Å². The molecule has 30 heavy (non-hydrogen) atoms. The Labute approximate surface area is 184 Å². The summed E-state index contributed by atoms with van der Waals surface area (Å²) in [6, 6.07) is 15.5. The fraction of sp³-hybridized carbons (Fsp3) is 0.333. The molecule has 0 fully saturated rings. The molecule has 0 spiro atoms. The number of carbonyl (C=O) groups excluding carboxylic acids is 2. The second-order valence-electron chi connectivity index (χ2n) is 7.82. The van der Waals surface area contributed by atoms with E-state index in [0.717, 1.165) is 16.7 Å². The third kappa shape index (κ3) is 5.49. The fourth-order valence-corrected chi connectivity index (χ4v) is 3.63. The van der Waals surface area contributed by atoms with Crippen LogP contribution in [0.1, 0.15) is 67.4 Å². The zero-order valence-corrected chi connectivity index (χ0v) is 18.5. The van der Waals surface area contributed by atoms with Crippen molar-refractivity contribution in [2.24, 2.45) is 5.73 Å². The molecule has 1 heterocycles. The van der Waals surface area contributed by atoms with Crippen molar-refractivity contribution >= 4 is 30.3 Å². The van der Waals surface area contributed by atoms with Crippen LogP contribution in [0.25, 0.3) is 6.08 Å². The summed E-state index contributed by atoms with van der Waals surface area (Å²) in [5.41, 5.74) is 10.5. The van der Waals surface area contributed by atoms with E-state index in [-0.39, 0.29) is 42.7 Å². The Hall–Kier alpha value is -2.63. The number of fused-ring (bicyclic) bond motifs is 1. The van der Waals surface area contributed by atoms with Gasteiger partial charge < -0.3 is 16.0 Å². The van der Waals surface area contributed by atoms with Crippen molar-refractivity contribution in [3.63, 3.8) is 0 Å². The molecule has 0 radical (unpaired) electrons. The molecule has 0 aliphatic carbocycles. The van der Waals surface area contributed by atoms with Crippen molar-refractivity contribution in [3.05, 3.63) is 77.0 Å². The summed E-state index contributed by atoms with van der Waals surface area (Å²) in [4.78, 5) is 26.3. The van der Waals surface area contributed by atoms with Crippen molar-refractivity contribution in [2.75, 3.05) is 6.54 Å². The Morgan fingerprint density at radius 3 is 2.33 bits per heavy atom. The Balaban J connectivity index is 0.00000320. The van der Waals surface area contributed by atoms with E-state index >= 15 is 0 Å². The first-order valence-corrected chi connectivity index (χ1v) is 10.0. The van der Waals surface area contributed by atoms with Crippen LogP contribution in [-0.2, 0) is 9.59 Å². The zero-order valence-electron chi connectivity index (χ0n) is 17.7. The first-order valence-electron chi connectivity index (χ1n) is 10.0. The molecule has 5 nitrogen and oxygen atoms in total. The van der Waals surface area contributed by atoms with Crippen LogP contribution in [0.4, 0.5) is 0 Å². The van der Waals surface area contributed by atoms with Crippen LogP contribution < -0.4 is 11.1 Å². The lowest BCUT2D eigenvalue weighted by Crippen LogP contribution is -2.37. The van der Waals surface area contributed by atoms with E-state index in [4.69, 9.17) is 5.73 Å². The van der Waals surface area contributed by atoms with Gasteiger partial charge >= 0.3 is 0 Å². The topological polar surface area (TPSA) is 75.4 Å². The van der Waals surface area contributed by atoms with Crippen molar-refractivity contribution < 1.29 is 9.59 Å². The predicted molar refractivity (Wildman–Crippen MR) is 123 cm³/mol. The molecular weight excluding hydrogens is 398 g/mol. The summed E-state index contributed by atoms with van der Waals surface area (Å²) in [7, 11) is 0. The van der Waals surface area contributed by atoms with Gasteiger partial charge in [-0.3, -0.25) is 9.59 Å². The monoisotopic (exact) mass is 427 g/mol. The zero-order chi connectivity index (χ0) is 21.0. The molecule has 2 aromatic carbocycles. The SMILES string of the molecule is CC(=O)N1C=Cc2ccccc2C1CC(=O)NCC(N)c1ccc(C(C)C)cc1.Cl. The van der Waals surface area contributed by atoms with Gasteiger partial charge in [-0.15, -0.1) is 12.4 Å². The van der Waals surface area contributed by atoms with E-state index in [9.17, 15) is 9.59 Å². The minimum absolute atomic E-state index is 0. The highest BCUT2D eigenvalue weighted by Gasteiger charge is 2.28. The lowest BCUT2D eigenvalue weighted by atomic mass is 9.93. The first-order chi connectivity index (χ1) is 13.9. The number of nitrogens with one attached hydrogen (secondary N) is 1. The Bertz CT molecular complexity index is 909. The Kier molecular flexibility index (Phi) is 8.21. The molecule has 2 amide bonds. The Morgan fingerprint density at radius 1 is 1.07 bits per heavy atom. The van der Waals surface area contributed by atoms with Gasteiger partial charge in [0.1, 0.15) is 0 Å². The highest BCUT2D eigenvalue weighted by molar-refractivity contribution is 5.85. The molecule has 2 unspecified atom stereocenters. The summed E-state index contributed by atoms with van der Waals surface area (Å²) < 4.78 is 0. The average molecular weight is 428 g/mol. The molecule has 2 aromatic rings. The predicted octanol–water partition coefficient (Wildman–Crippen LogP) is 4.31. The second-order valence-corrected chi connectivity index (χ2v) is 7.82. The highest BCUT2D eigenvalue weighted by Crippen LogP contribution is 2.32. The number of benzene rings is 2. The number of hydrogen-bond donors (Lipinski definition) is 2. The minimum atomic E-state index is -0.310.